The summed E-state index contributed by atoms with van der Waals surface area (Å²) in [6.07, 6.45) is 6.71. The van der Waals surface area contributed by atoms with Gasteiger partial charge in [-0.15, -0.1) is 0 Å². The van der Waals surface area contributed by atoms with Crippen molar-refractivity contribution in [2.24, 2.45) is 5.92 Å². The fourth-order valence-corrected chi connectivity index (χ4v) is 2.35. The molecule has 1 saturated carbocycles. The van der Waals surface area contributed by atoms with Crippen LogP contribution < -0.4 is 0 Å². The van der Waals surface area contributed by atoms with Gasteiger partial charge in [0.05, 0.1) is 6.10 Å². The monoisotopic (exact) mass is 160 g/mol. The molecule has 0 spiro atoms. The van der Waals surface area contributed by atoms with E-state index in [1.165, 1.54) is 18.6 Å². The molecule has 1 N–H and O–H groups in total. The fourth-order valence-electron chi connectivity index (χ4n) is 1.55. The number of aliphatic hydroxyl groups excluding tert-OH is 1. The lowest BCUT2D eigenvalue weighted by Gasteiger charge is -2.24. The van der Waals surface area contributed by atoms with E-state index in [9.17, 15) is 5.11 Å². The highest BCUT2D eigenvalue weighted by atomic mass is 32.2. The van der Waals surface area contributed by atoms with E-state index in [0.29, 0.717) is 0 Å². The van der Waals surface area contributed by atoms with Gasteiger partial charge in [0, 0.05) is 0 Å². The van der Waals surface area contributed by atoms with Crippen molar-refractivity contribution in [3.8, 4) is 0 Å². The SMILES string of the molecule is CSCC1CCC(O)CC1. The van der Waals surface area contributed by atoms with Crippen molar-refractivity contribution in [3.05, 3.63) is 0 Å². The van der Waals surface area contributed by atoms with Crippen LogP contribution in [0.15, 0.2) is 0 Å². The van der Waals surface area contributed by atoms with Gasteiger partial charge < -0.3 is 5.11 Å². The lowest BCUT2D eigenvalue weighted by molar-refractivity contribution is 0.113. The van der Waals surface area contributed by atoms with Crippen LogP contribution in [0.3, 0.4) is 0 Å². The van der Waals surface area contributed by atoms with Gasteiger partial charge in [-0.3, -0.25) is 0 Å². The summed E-state index contributed by atoms with van der Waals surface area (Å²) in [6.45, 7) is 0. The van der Waals surface area contributed by atoms with Crippen LogP contribution in [0.1, 0.15) is 25.7 Å². The number of hydrogen-bond donors (Lipinski definition) is 1. The van der Waals surface area contributed by atoms with E-state index in [2.05, 4.69) is 6.26 Å². The Kier molecular flexibility index (Phi) is 3.57. The Hall–Kier alpha value is 0.310. The predicted molar refractivity (Wildman–Crippen MR) is 46.3 cm³/mol. The molecule has 0 aromatic heterocycles. The zero-order chi connectivity index (χ0) is 7.40. The quantitative estimate of drug-likeness (QED) is 0.666. The largest absolute Gasteiger partial charge is 0.393 e. The summed E-state index contributed by atoms with van der Waals surface area (Å²) in [7, 11) is 0. The Bertz CT molecular complexity index is 87.3. The number of thioether (sulfide) groups is 1. The summed E-state index contributed by atoms with van der Waals surface area (Å²) >= 11 is 1.93. The van der Waals surface area contributed by atoms with Gasteiger partial charge in [-0.2, -0.15) is 11.8 Å². The Morgan fingerprint density at radius 2 is 1.90 bits per heavy atom. The summed E-state index contributed by atoms with van der Waals surface area (Å²) in [5, 5.41) is 9.19. The van der Waals surface area contributed by atoms with Crippen LogP contribution in [0.4, 0.5) is 0 Å². The van der Waals surface area contributed by atoms with Crippen LogP contribution in [-0.4, -0.2) is 23.2 Å². The van der Waals surface area contributed by atoms with Gasteiger partial charge in [-0.25, -0.2) is 0 Å². The highest BCUT2D eigenvalue weighted by molar-refractivity contribution is 7.98. The fraction of sp³-hybridized carbons (Fsp3) is 1.00. The minimum absolute atomic E-state index is 0.0121. The van der Waals surface area contributed by atoms with Gasteiger partial charge >= 0.3 is 0 Å². The van der Waals surface area contributed by atoms with E-state index in [1.807, 2.05) is 11.8 Å². The third kappa shape index (κ3) is 2.51. The highest BCUT2D eigenvalue weighted by Crippen LogP contribution is 2.26. The smallest absolute Gasteiger partial charge is 0.0540 e. The topological polar surface area (TPSA) is 20.2 Å². The summed E-state index contributed by atoms with van der Waals surface area (Å²) < 4.78 is 0. The maximum atomic E-state index is 9.19. The second kappa shape index (κ2) is 4.24. The van der Waals surface area contributed by atoms with Crippen LogP contribution in [0.5, 0.6) is 0 Å². The first-order valence-electron chi connectivity index (χ1n) is 4.00. The molecule has 1 fully saturated rings. The van der Waals surface area contributed by atoms with Crippen LogP contribution in [-0.2, 0) is 0 Å². The van der Waals surface area contributed by atoms with Crippen molar-refractivity contribution in [3.63, 3.8) is 0 Å². The van der Waals surface area contributed by atoms with Crippen LogP contribution in [0, 0.1) is 5.92 Å². The number of hydrogen-bond acceptors (Lipinski definition) is 2. The van der Waals surface area contributed by atoms with Gasteiger partial charge in [0.25, 0.3) is 0 Å². The molecule has 0 unspecified atom stereocenters. The first-order valence-corrected chi connectivity index (χ1v) is 5.39. The second-order valence-corrected chi connectivity index (χ2v) is 4.04. The minimum atomic E-state index is 0.0121. The molecule has 1 aliphatic rings. The van der Waals surface area contributed by atoms with Gasteiger partial charge in [-0.05, 0) is 43.6 Å². The maximum absolute atomic E-state index is 9.19. The second-order valence-electron chi connectivity index (χ2n) is 3.13. The normalized spacial score (nSPS) is 34.2. The molecular weight excluding hydrogens is 144 g/mol. The molecule has 0 heterocycles. The molecule has 0 bridgehead atoms. The van der Waals surface area contributed by atoms with Crippen molar-refractivity contribution in [2.45, 2.75) is 31.8 Å². The molecule has 0 aromatic carbocycles. The number of aliphatic hydroxyl groups is 1. The van der Waals surface area contributed by atoms with Crippen LogP contribution >= 0.6 is 11.8 Å². The van der Waals surface area contributed by atoms with Crippen molar-refractivity contribution in [1.82, 2.24) is 0 Å². The molecule has 10 heavy (non-hydrogen) atoms. The summed E-state index contributed by atoms with van der Waals surface area (Å²) in [5.74, 6) is 2.17. The zero-order valence-corrected chi connectivity index (χ0v) is 7.36. The van der Waals surface area contributed by atoms with Crippen molar-refractivity contribution >= 4 is 11.8 Å². The highest BCUT2D eigenvalue weighted by Gasteiger charge is 2.18. The Morgan fingerprint density at radius 1 is 1.30 bits per heavy atom. The van der Waals surface area contributed by atoms with E-state index in [4.69, 9.17) is 0 Å². The molecule has 0 aromatic rings. The molecule has 0 radical (unpaired) electrons. The van der Waals surface area contributed by atoms with Gasteiger partial charge in [0.15, 0.2) is 0 Å². The first kappa shape index (κ1) is 8.41. The maximum Gasteiger partial charge on any atom is 0.0540 e. The van der Waals surface area contributed by atoms with Crippen LogP contribution in [0.2, 0.25) is 0 Å². The van der Waals surface area contributed by atoms with Gasteiger partial charge in [0.1, 0.15) is 0 Å². The Morgan fingerprint density at radius 3 is 2.40 bits per heavy atom. The summed E-state index contributed by atoms with van der Waals surface area (Å²) in [5.41, 5.74) is 0. The van der Waals surface area contributed by atoms with Gasteiger partial charge in [-0.1, -0.05) is 0 Å². The van der Waals surface area contributed by atoms with E-state index in [0.717, 1.165) is 18.8 Å². The first-order chi connectivity index (χ1) is 4.83. The zero-order valence-electron chi connectivity index (χ0n) is 6.55. The van der Waals surface area contributed by atoms with E-state index >= 15 is 0 Å². The van der Waals surface area contributed by atoms with E-state index in [1.54, 1.807) is 0 Å². The van der Waals surface area contributed by atoms with E-state index < -0.39 is 0 Å². The molecule has 1 nitrogen and oxygen atoms in total. The van der Waals surface area contributed by atoms with Crippen molar-refractivity contribution in [1.29, 1.82) is 0 Å². The van der Waals surface area contributed by atoms with E-state index in [-0.39, 0.29) is 6.10 Å². The predicted octanol–water partition coefficient (Wildman–Crippen LogP) is 1.90. The van der Waals surface area contributed by atoms with Crippen molar-refractivity contribution in [2.75, 3.05) is 12.0 Å². The van der Waals surface area contributed by atoms with Crippen molar-refractivity contribution < 1.29 is 5.11 Å². The Labute approximate surface area is 67.2 Å². The molecular formula is C8H16OS. The summed E-state index contributed by atoms with van der Waals surface area (Å²) in [6, 6.07) is 0. The van der Waals surface area contributed by atoms with Crippen LogP contribution in [0.25, 0.3) is 0 Å². The molecule has 60 valence electrons. The third-order valence-corrected chi connectivity index (χ3v) is 3.02. The molecule has 0 atom stereocenters. The molecule has 0 saturated heterocycles. The molecule has 0 aliphatic heterocycles. The number of rotatable bonds is 2. The minimum Gasteiger partial charge on any atom is -0.393 e. The average molecular weight is 160 g/mol. The molecule has 1 rings (SSSR count). The Balaban J connectivity index is 2.13. The van der Waals surface area contributed by atoms with Gasteiger partial charge in [0.2, 0.25) is 0 Å². The average Bonchev–Trinajstić information content (AvgIpc) is 1.95. The summed E-state index contributed by atoms with van der Waals surface area (Å²) in [4.78, 5) is 0. The standard InChI is InChI=1S/C8H16OS/c1-10-6-7-2-4-8(9)5-3-7/h7-9H,2-6H2,1H3. The lowest BCUT2D eigenvalue weighted by atomic mass is 9.89. The lowest BCUT2D eigenvalue weighted by Crippen LogP contribution is -2.19. The molecule has 0 amide bonds. The molecule has 1 aliphatic carbocycles. The molecule has 2 heteroatoms. The third-order valence-electron chi connectivity index (χ3n) is 2.22.